The van der Waals surface area contributed by atoms with E-state index in [1.165, 1.54) is 4.68 Å². The number of pyridine rings is 1. The number of hydrogen-bond donors (Lipinski definition) is 1. The number of anilines is 1. The van der Waals surface area contributed by atoms with Gasteiger partial charge in [0.15, 0.2) is 0 Å². The van der Waals surface area contributed by atoms with Crippen LogP contribution in [0.1, 0.15) is 23.6 Å². The number of morpholine rings is 1. The molecule has 1 N–H and O–H groups in total. The van der Waals surface area contributed by atoms with Gasteiger partial charge in [-0.25, -0.2) is 0 Å². The summed E-state index contributed by atoms with van der Waals surface area (Å²) in [4.78, 5) is 42.5. The SMILES string of the molecule is Cc1c2c(=O)n(-c3ccccc3)nc-2c2c(n1CCN1CCOCC1)OC(=O)CC2C(=O)Nc1ccccc1. The smallest absolute Gasteiger partial charge is 0.313 e. The molecular weight excluding hydrogens is 498 g/mol. The van der Waals surface area contributed by atoms with Gasteiger partial charge in [-0.1, -0.05) is 36.4 Å². The number of para-hydroxylation sites is 2. The molecule has 1 amide bonds. The molecule has 0 bridgehead atoms. The van der Waals surface area contributed by atoms with Crippen LogP contribution in [0.3, 0.4) is 0 Å². The fourth-order valence-electron chi connectivity index (χ4n) is 5.35. The molecule has 2 aromatic rings. The van der Waals surface area contributed by atoms with Crippen molar-refractivity contribution in [1.29, 1.82) is 0 Å². The summed E-state index contributed by atoms with van der Waals surface area (Å²) < 4.78 is 14.5. The number of amides is 1. The molecule has 0 aliphatic carbocycles. The average Bonchev–Trinajstić information content (AvgIpc) is 3.31. The van der Waals surface area contributed by atoms with Crippen LogP contribution in [0.5, 0.6) is 5.88 Å². The fraction of sp³-hybridized carbons (Fsp3) is 0.310. The van der Waals surface area contributed by atoms with Crippen LogP contribution in [-0.2, 0) is 20.9 Å². The van der Waals surface area contributed by atoms with Gasteiger partial charge in [0.1, 0.15) is 5.69 Å². The van der Waals surface area contributed by atoms with Crippen molar-refractivity contribution in [2.75, 3.05) is 38.2 Å². The lowest BCUT2D eigenvalue weighted by Gasteiger charge is -2.31. The first kappa shape index (κ1) is 25.0. The minimum atomic E-state index is -0.877. The molecule has 6 rings (SSSR count). The molecule has 0 spiro atoms. The maximum atomic E-state index is 13.8. The van der Waals surface area contributed by atoms with E-state index in [0.29, 0.717) is 60.2 Å². The van der Waals surface area contributed by atoms with E-state index in [4.69, 9.17) is 14.6 Å². The van der Waals surface area contributed by atoms with Crippen molar-refractivity contribution in [1.82, 2.24) is 19.2 Å². The minimum Gasteiger partial charge on any atom is -0.409 e. The number of nitrogens with zero attached hydrogens (tertiary/aromatic N) is 4. The molecule has 1 saturated heterocycles. The zero-order chi connectivity index (χ0) is 26.9. The van der Waals surface area contributed by atoms with E-state index in [9.17, 15) is 14.4 Å². The van der Waals surface area contributed by atoms with Gasteiger partial charge in [-0.3, -0.25) is 19.3 Å². The molecule has 0 aromatic heterocycles. The predicted octanol–water partition coefficient (Wildman–Crippen LogP) is 2.81. The van der Waals surface area contributed by atoms with E-state index >= 15 is 0 Å². The molecule has 0 radical (unpaired) electrons. The van der Waals surface area contributed by atoms with E-state index in [2.05, 4.69) is 10.2 Å². The first-order valence-corrected chi connectivity index (χ1v) is 13.1. The highest BCUT2D eigenvalue weighted by Gasteiger charge is 2.41. The standard InChI is InChI=1S/C29H29N5O5/c1-19-24-26(31-34(28(24)37)21-10-6-3-7-11-21)25-22(27(36)30-20-8-4-2-5-9-20)18-23(35)39-29(25)33(19)13-12-32-14-16-38-17-15-32/h2-11,22H,12-18H2,1H3,(H,30,36). The van der Waals surface area contributed by atoms with Crippen molar-refractivity contribution in [3.63, 3.8) is 0 Å². The summed E-state index contributed by atoms with van der Waals surface area (Å²) in [6, 6.07) is 18.2. The molecule has 1 unspecified atom stereocenters. The molecule has 0 saturated carbocycles. The Labute approximate surface area is 225 Å². The zero-order valence-electron chi connectivity index (χ0n) is 21.6. The number of carbonyl (C=O) groups is 2. The van der Waals surface area contributed by atoms with Crippen LogP contribution in [0.15, 0.2) is 65.5 Å². The second kappa shape index (κ2) is 10.5. The minimum absolute atomic E-state index is 0.153. The topological polar surface area (TPSA) is 108 Å². The van der Waals surface area contributed by atoms with Gasteiger partial charge in [0.2, 0.25) is 11.8 Å². The van der Waals surface area contributed by atoms with Crippen LogP contribution in [-0.4, -0.2) is 64.0 Å². The van der Waals surface area contributed by atoms with Crippen molar-refractivity contribution in [2.45, 2.75) is 25.8 Å². The summed E-state index contributed by atoms with van der Waals surface area (Å²) in [5, 5.41) is 7.62. The lowest BCUT2D eigenvalue weighted by molar-refractivity contribution is -0.138. The number of esters is 1. The summed E-state index contributed by atoms with van der Waals surface area (Å²) in [5.41, 5.74) is 2.83. The molecule has 1 atom stereocenters. The molecular formula is C29H29N5O5. The van der Waals surface area contributed by atoms with Crippen molar-refractivity contribution in [3.8, 4) is 22.8 Å². The Morgan fingerprint density at radius 2 is 1.69 bits per heavy atom. The lowest BCUT2D eigenvalue weighted by Crippen LogP contribution is -2.39. The van der Waals surface area contributed by atoms with E-state index < -0.39 is 11.9 Å². The van der Waals surface area contributed by atoms with Gasteiger partial charge >= 0.3 is 5.97 Å². The number of ether oxygens (including phenoxy) is 2. The highest BCUT2D eigenvalue weighted by atomic mass is 16.5. The number of fused-ring (bicyclic) bond motifs is 3. The van der Waals surface area contributed by atoms with Gasteiger partial charge in [0, 0.05) is 37.6 Å². The van der Waals surface area contributed by atoms with E-state index in [-0.39, 0.29) is 23.8 Å². The first-order chi connectivity index (χ1) is 19.0. The first-order valence-electron chi connectivity index (χ1n) is 13.1. The van der Waals surface area contributed by atoms with Crippen molar-refractivity contribution in [3.05, 3.63) is 82.3 Å². The van der Waals surface area contributed by atoms with Crippen LogP contribution in [0.4, 0.5) is 5.69 Å². The summed E-state index contributed by atoms with van der Waals surface area (Å²) in [6.07, 6.45) is -0.153. The van der Waals surface area contributed by atoms with E-state index in [1.807, 2.05) is 47.9 Å². The van der Waals surface area contributed by atoms with Gasteiger partial charge < -0.3 is 19.4 Å². The number of carbonyl (C=O) groups excluding carboxylic acids is 2. The van der Waals surface area contributed by atoms with Crippen LogP contribution in [0.25, 0.3) is 16.9 Å². The molecule has 2 aromatic carbocycles. The van der Waals surface area contributed by atoms with Crippen molar-refractivity contribution in [2.24, 2.45) is 0 Å². The molecule has 10 heteroatoms. The maximum absolute atomic E-state index is 13.8. The molecule has 4 aliphatic rings. The summed E-state index contributed by atoms with van der Waals surface area (Å²) >= 11 is 0. The summed E-state index contributed by atoms with van der Waals surface area (Å²) in [5.74, 6) is -1.46. The van der Waals surface area contributed by atoms with Gasteiger partial charge in [-0.2, -0.15) is 9.78 Å². The normalized spacial score (nSPS) is 17.6. The van der Waals surface area contributed by atoms with Crippen LogP contribution >= 0.6 is 0 Å². The lowest BCUT2D eigenvalue weighted by atomic mass is 9.89. The maximum Gasteiger partial charge on any atom is 0.313 e. The number of hydrogen-bond acceptors (Lipinski definition) is 7. The van der Waals surface area contributed by atoms with Crippen molar-refractivity contribution >= 4 is 17.6 Å². The largest absolute Gasteiger partial charge is 0.409 e. The number of aromatic nitrogens is 3. The molecule has 4 heterocycles. The van der Waals surface area contributed by atoms with Crippen LogP contribution in [0, 0.1) is 6.92 Å². The predicted molar refractivity (Wildman–Crippen MR) is 145 cm³/mol. The second-order valence-electron chi connectivity index (χ2n) is 9.77. The van der Waals surface area contributed by atoms with Gasteiger partial charge in [0.05, 0.1) is 42.4 Å². The van der Waals surface area contributed by atoms with Crippen LogP contribution in [0.2, 0.25) is 0 Å². The van der Waals surface area contributed by atoms with E-state index in [1.54, 1.807) is 24.3 Å². The Bertz CT molecular complexity index is 1540. The third-order valence-corrected chi connectivity index (χ3v) is 7.37. The fourth-order valence-corrected chi connectivity index (χ4v) is 5.35. The summed E-state index contributed by atoms with van der Waals surface area (Å²) in [6.45, 7) is 5.89. The number of benzene rings is 2. The van der Waals surface area contributed by atoms with E-state index in [0.717, 1.165) is 13.1 Å². The van der Waals surface area contributed by atoms with Crippen LogP contribution < -0.4 is 15.6 Å². The Morgan fingerprint density at radius 1 is 1.00 bits per heavy atom. The Kier molecular flexibility index (Phi) is 6.72. The highest BCUT2D eigenvalue weighted by Crippen LogP contribution is 2.43. The van der Waals surface area contributed by atoms with Gasteiger partial charge in [0.25, 0.3) is 5.56 Å². The molecule has 4 aliphatic heterocycles. The van der Waals surface area contributed by atoms with Gasteiger partial charge in [-0.05, 0) is 31.2 Å². The highest BCUT2D eigenvalue weighted by molar-refractivity contribution is 6.01. The zero-order valence-corrected chi connectivity index (χ0v) is 21.6. The van der Waals surface area contributed by atoms with Gasteiger partial charge in [-0.15, -0.1) is 0 Å². The quantitative estimate of drug-likeness (QED) is 0.384. The molecule has 10 nitrogen and oxygen atoms in total. The monoisotopic (exact) mass is 527 g/mol. The Balaban J connectivity index is 1.51. The Morgan fingerprint density at radius 3 is 2.41 bits per heavy atom. The molecule has 39 heavy (non-hydrogen) atoms. The van der Waals surface area contributed by atoms with Crippen molar-refractivity contribution < 1.29 is 19.1 Å². The third kappa shape index (κ3) is 4.73. The third-order valence-electron chi connectivity index (χ3n) is 7.37. The molecule has 1 fully saturated rings. The average molecular weight is 528 g/mol. The number of nitrogens with one attached hydrogen (secondary N) is 1. The Hall–Kier alpha value is -4.28. The summed E-state index contributed by atoms with van der Waals surface area (Å²) in [7, 11) is 0. The molecule has 200 valence electrons. The second-order valence-corrected chi connectivity index (χ2v) is 9.77. The number of rotatable bonds is 6.